The Morgan fingerprint density at radius 3 is 3.00 bits per heavy atom. The summed E-state index contributed by atoms with van der Waals surface area (Å²) in [7, 11) is 2.11. The molecule has 88 valence electrons. The Labute approximate surface area is 90.9 Å². The minimum atomic E-state index is -0.0816. The Morgan fingerprint density at radius 2 is 2.40 bits per heavy atom. The number of nitrogens with two attached hydrogens (primary N) is 1. The van der Waals surface area contributed by atoms with Crippen molar-refractivity contribution in [3.8, 4) is 0 Å². The molecule has 0 aromatic carbocycles. The fourth-order valence-electron chi connectivity index (χ4n) is 1.77. The van der Waals surface area contributed by atoms with Crippen molar-refractivity contribution in [1.29, 1.82) is 0 Å². The molecule has 0 radical (unpaired) electrons. The van der Waals surface area contributed by atoms with E-state index < -0.39 is 0 Å². The number of hydrogen-bond acceptors (Lipinski definition) is 4. The average molecular weight is 215 g/mol. The number of ether oxygens (including phenoxy) is 1. The summed E-state index contributed by atoms with van der Waals surface area (Å²) < 4.78 is 5.32. The highest BCUT2D eigenvalue weighted by molar-refractivity contribution is 5.75. The van der Waals surface area contributed by atoms with Crippen LogP contribution in [0.1, 0.15) is 25.7 Å². The molecule has 0 bridgehead atoms. The smallest absolute Gasteiger partial charge is 0.233 e. The molecule has 5 nitrogen and oxygen atoms in total. The number of nitrogens with zero attached hydrogens (tertiary/aromatic N) is 1. The number of hydrazine groups is 1. The Kier molecular flexibility index (Phi) is 5.60. The molecular weight excluding hydrogens is 194 g/mol. The number of nitrogens with one attached hydrogen (secondary N) is 1. The van der Waals surface area contributed by atoms with Crippen LogP contribution < -0.4 is 11.3 Å². The van der Waals surface area contributed by atoms with Gasteiger partial charge in [0.2, 0.25) is 5.91 Å². The minimum Gasteiger partial charge on any atom is -0.380 e. The van der Waals surface area contributed by atoms with E-state index in [1.165, 1.54) is 0 Å². The van der Waals surface area contributed by atoms with E-state index in [0.29, 0.717) is 12.5 Å². The Hall–Kier alpha value is -0.650. The van der Waals surface area contributed by atoms with Crippen LogP contribution in [-0.4, -0.2) is 43.7 Å². The lowest BCUT2D eigenvalue weighted by Gasteiger charge is -2.22. The van der Waals surface area contributed by atoms with Crippen LogP contribution >= 0.6 is 0 Å². The number of hydrogen-bond donors (Lipinski definition) is 2. The van der Waals surface area contributed by atoms with E-state index in [0.717, 1.165) is 39.0 Å². The highest BCUT2D eigenvalue weighted by Gasteiger charge is 2.19. The van der Waals surface area contributed by atoms with Crippen LogP contribution in [-0.2, 0) is 9.53 Å². The average Bonchev–Trinajstić information content (AvgIpc) is 2.77. The van der Waals surface area contributed by atoms with E-state index in [9.17, 15) is 4.79 Å². The van der Waals surface area contributed by atoms with Crippen LogP contribution in [0.25, 0.3) is 0 Å². The van der Waals surface area contributed by atoms with E-state index in [1.807, 2.05) is 0 Å². The largest absolute Gasteiger partial charge is 0.380 e. The topological polar surface area (TPSA) is 67.6 Å². The van der Waals surface area contributed by atoms with E-state index in [4.69, 9.17) is 10.6 Å². The second-order valence-electron chi connectivity index (χ2n) is 4.02. The first-order chi connectivity index (χ1) is 7.24. The van der Waals surface area contributed by atoms with Crippen molar-refractivity contribution >= 4 is 5.91 Å². The quantitative estimate of drug-likeness (QED) is 0.280. The molecule has 15 heavy (non-hydrogen) atoms. The molecule has 1 heterocycles. The molecule has 0 aromatic heterocycles. The summed E-state index contributed by atoms with van der Waals surface area (Å²) in [4.78, 5) is 13.2. The fourth-order valence-corrected chi connectivity index (χ4v) is 1.77. The summed E-state index contributed by atoms with van der Waals surface area (Å²) >= 11 is 0. The highest BCUT2D eigenvalue weighted by Crippen LogP contribution is 2.11. The number of amides is 1. The van der Waals surface area contributed by atoms with E-state index >= 15 is 0 Å². The van der Waals surface area contributed by atoms with Gasteiger partial charge in [0, 0.05) is 19.1 Å². The van der Waals surface area contributed by atoms with Gasteiger partial charge in [-0.1, -0.05) is 0 Å². The number of unbranched alkanes of at least 4 members (excludes halogenated alkanes) is 1. The molecule has 1 aliphatic heterocycles. The van der Waals surface area contributed by atoms with Gasteiger partial charge >= 0.3 is 0 Å². The van der Waals surface area contributed by atoms with E-state index in [-0.39, 0.29) is 5.91 Å². The van der Waals surface area contributed by atoms with Gasteiger partial charge in [0.05, 0.1) is 6.61 Å². The van der Waals surface area contributed by atoms with Crippen molar-refractivity contribution in [3.05, 3.63) is 0 Å². The van der Waals surface area contributed by atoms with Crippen molar-refractivity contribution in [3.63, 3.8) is 0 Å². The van der Waals surface area contributed by atoms with Gasteiger partial charge in [-0.05, 0) is 32.9 Å². The molecular formula is C10H21N3O2. The van der Waals surface area contributed by atoms with Crippen LogP contribution in [0.2, 0.25) is 0 Å². The number of carbonyl (C=O) groups excluding carboxylic acids is 1. The van der Waals surface area contributed by atoms with Gasteiger partial charge in [0.15, 0.2) is 0 Å². The second kappa shape index (κ2) is 6.76. The maximum atomic E-state index is 10.8. The molecule has 0 saturated carbocycles. The third-order valence-electron chi connectivity index (χ3n) is 2.85. The SMILES string of the molecule is CN(CCCCC(=O)NN)C1CCOC1. The zero-order valence-electron chi connectivity index (χ0n) is 9.37. The lowest BCUT2D eigenvalue weighted by atomic mass is 10.2. The molecule has 0 aromatic rings. The van der Waals surface area contributed by atoms with E-state index in [2.05, 4.69) is 17.4 Å². The van der Waals surface area contributed by atoms with Crippen molar-refractivity contribution in [2.24, 2.45) is 5.84 Å². The standard InChI is InChI=1S/C10H21N3O2/c1-13(9-5-7-15-8-9)6-3-2-4-10(14)12-11/h9H,2-8,11H2,1H3,(H,12,14). The Morgan fingerprint density at radius 1 is 1.60 bits per heavy atom. The zero-order valence-corrected chi connectivity index (χ0v) is 9.37. The van der Waals surface area contributed by atoms with Gasteiger partial charge in [-0.3, -0.25) is 10.2 Å². The van der Waals surface area contributed by atoms with Crippen molar-refractivity contribution < 1.29 is 9.53 Å². The van der Waals surface area contributed by atoms with Crippen LogP contribution in [0.4, 0.5) is 0 Å². The second-order valence-corrected chi connectivity index (χ2v) is 4.02. The fraction of sp³-hybridized carbons (Fsp3) is 0.900. The molecule has 1 unspecified atom stereocenters. The lowest BCUT2D eigenvalue weighted by molar-refractivity contribution is -0.121. The van der Waals surface area contributed by atoms with Crippen LogP contribution in [0, 0.1) is 0 Å². The third-order valence-corrected chi connectivity index (χ3v) is 2.85. The molecule has 5 heteroatoms. The van der Waals surface area contributed by atoms with Gasteiger partial charge in [-0.15, -0.1) is 0 Å². The summed E-state index contributed by atoms with van der Waals surface area (Å²) in [6.45, 7) is 2.75. The zero-order chi connectivity index (χ0) is 11.1. The number of carbonyl (C=O) groups is 1. The predicted molar refractivity (Wildman–Crippen MR) is 58.0 cm³/mol. The van der Waals surface area contributed by atoms with Gasteiger partial charge < -0.3 is 9.64 Å². The van der Waals surface area contributed by atoms with Crippen molar-refractivity contribution in [2.45, 2.75) is 31.7 Å². The summed E-state index contributed by atoms with van der Waals surface area (Å²) in [6.07, 6.45) is 3.56. The molecule has 1 aliphatic rings. The predicted octanol–water partition coefficient (Wildman–Crippen LogP) is -0.133. The van der Waals surface area contributed by atoms with Crippen molar-refractivity contribution in [2.75, 3.05) is 26.8 Å². The first-order valence-electron chi connectivity index (χ1n) is 5.51. The Bertz CT molecular complexity index is 193. The normalized spacial score (nSPS) is 20.9. The first-order valence-corrected chi connectivity index (χ1v) is 5.51. The van der Waals surface area contributed by atoms with E-state index in [1.54, 1.807) is 0 Å². The monoisotopic (exact) mass is 215 g/mol. The van der Waals surface area contributed by atoms with Gasteiger partial charge in [0.25, 0.3) is 0 Å². The van der Waals surface area contributed by atoms with Gasteiger partial charge in [-0.2, -0.15) is 0 Å². The molecule has 1 fully saturated rings. The molecule has 0 aliphatic carbocycles. The van der Waals surface area contributed by atoms with Crippen molar-refractivity contribution in [1.82, 2.24) is 10.3 Å². The third kappa shape index (κ3) is 4.59. The Balaban J connectivity index is 2.01. The van der Waals surface area contributed by atoms with Crippen LogP contribution in [0.5, 0.6) is 0 Å². The maximum absolute atomic E-state index is 10.8. The molecule has 1 atom stereocenters. The molecule has 1 amide bonds. The molecule has 1 saturated heterocycles. The van der Waals surface area contributed by atoms with Gasteiger partial charge in [0.1, 0.15) is 0 Å². The van der Waals surface area contributed by atoms with Crippen LogP contribution in [0.3, 0.4) is 0 Å². The molecule has 3 N–H and O–H groups in total. The number of likely N-dealkylation sites (N-methyl/N-ethyl adjacent to an activating group) is 1. The minimum absolute atomic E-state index is 0.0816. The highest BCUT2D eigenvalue weighted by atomic mass is 16.5. The van der Waals surface area contributed by atoms with Gasteiger partial charge in [-0.25, -0.2) is 5.84 Å². The summed E-state index contributed by atoms with van der Waals surface area (Å²) in [6, 6.07) is 0.563. The molecule has 1 rings (SSSR count). The first kappa shape index (κ1) is 12.4. The summed E-state index contributed by atoms with van der Waals surface area (Å²) in [5.41, 5.74) is 2.14. The lowest BCUT2D eigenvalue weighted by Crippen LogP contribution is -2.33. The van der Waals surface area contributed by atoms with Crippen LogP contribution in [0.15, 0.2) is 0 Å². The molecule has 0 spiro atoms. The summed E-state index contributed by atoms with van der Waals surface area (Å²) in [5.74, 6) is 4.91. The number of rotatable bonds is 6. The summed E-state index contributed by atoms with van der Waals surface area (Å²) in [5, 5.41) is 0. The maximum Gasteiger partial charge on any atom is 0.233 e.